The smallest absolute Gasteiger partial charge is 0.103 e. The van der Waals surface area contributed by atoms with Crippen molar-refractivity contribution in [3.05, 3.63) is 101 Å². The fraction of sp³-hybridized carbons (Fsp3) is 0.143. The summed E-state index contributed by atoms with van der Waals surface area (Å²) in [6.07, 6.45) is 4.42. The molecule has 0 aliphatic heterocycles. The molecule has 0 spiro atoms. The van der Waals surface area contributed by atoms with E-state index in [9.17, 15) is 0 Å². The van der Waals surface area contributed by atoms with Crippen molar-refractivity contribution in [1.29, 1.82) is 0 Å². The zero-order valence-corrected chi connectivity index (χ0v) is 18.4. The first-order valence-corrected chi connectivity index (χ1v) is 11.3. The minimum absolute atomic E-state index is 0.0259. The molecule has 0 radical (unpaired) electrons. The molecule has 0 aliphatic rings. The largest absolute Gasteiger partial charge is 0.292 e. The zero-order valence-electron chi connectivity index (χ0n) is 17.6. The van der Waals surface area contributed by atoms with Crippen molar-refractivity contribution in [3.63, 3.8) is 0 Å². The van der Waals surface area contributed by atoms with Gasteiger partial charge in [-0.15, -0.1) is 11.8 Å². The van der Waals surface area contributed by atoms with Crippen LogP contribution in [0.2, 0.25) is 0 Å². The minimum Gasteiger partial charge on any atom is -0.292 e. The van der Waals surface area contributed by atoms with Crippen LogP contribution in [0.25, 0.3) is 27.6 Å². The Morgan fingerprint density at radius 3 is 2.10 bits per heavy atom. The molecular formula is C28H25NS. The highest BCUT2D eigenvalue weighted by Crippen LogP contribution is 2.27. The predicted octanol–water partition coefficient (Wildman–Crippen LogP) is 6.68. The molecule has 0 heterocycles. The summed E-state index contributed by atoms with van der Waals surface area (Å²) in [5.41, 5.74) is 2.31. The van der Waals surface area contributed by atoms with Crippen LogP contribution in [0.5, 0.6) is 0 Å². The van der Waals surface area contributed by atoms with Crippen molar-refractivity contribution in [1.82, 2.24) is 4.90 Å². The Hall–Kier alpha value is -2.99. The predicted molar refractivity (Wildman–Crippen MR) is 134 cm³/mol. The van der Waals surface area contributed by atoms with Crippen molar-refractivity contribution in [2.75, 3.05) is 20.4 Å². The van der Waals surface area contributed by atoms with E-state index in [1.165, 1.54) is 32.0 Å². The molecule has 0 aromatic heterocycles. The lowest BCUT2D eigenvalue weighted by Crippen LogP contribution is -2.27. The van der Waals surface area contributed by atoms with E-state index in [1.54, 1.807) is 11.8 Å². The lowest BCUT2D eigenvalue weighted by atomic mass is 10.0. The van der Waals surface area contributed by atoms with Gasteiger partial charge in [-0.25, -0.2) is 0 Å². The highest BCUT2D eigenvalue weighted by molar-refractivity contribution is 8.02. The highest BCUT2D eigenvalue weighted by atomic mass is 32.2. The molecule has 0 fully saturated rings. The van der Waals surface area contributed by atoms with Crippen molar-refractivity contribution in [2.45, 2.75) is 6.04 Å². The maximum atomic E-state index is 3.53. The van der Waals surface area contributed by atoms with E-state index < -0.39 is 0 Å². The van der Waals surface area contributed by atoms with E-state index in [1.807, 2.05) is 0 Å². The van der Waals surface area contributed by atoms with Crippen molar-refractivity contribution in [2.24, 2.45) is 0 Å². The molecule has 148 valence electrons. The molecule has 0 saturated carbocycles. The van der Waals surface area contributed by atoms with E-state index in [-0.39, 0.29) is 6.04 Å². The summed E-state index contributed by atoms with van der Waals surface area (Å²) in [4.78, 5) is 3.43. The first-order valence-electron chi connectivity index (χ1n) is 10.1. The van der Waals surface area contributed by atoms with Gasteiger partial charge < -0.3 is 0 Å². The minimum atomic E-state index is 0.0259. The fourth-order valence-corrected chi connectivity index (χ4v) is 4.45. The summed E-state index contributed by atoms with van der Waals surface area (Å²) in [6, 6.07) is 29.8. The zero-order chi connectivity index (χ0) is 20.9. The number of nitrogens with zero attached hydrogens (tertiary/aromatic N) is 1. The number of hydrogen-bond donors (Lipinski definition) is 0. The summed E-state index contributed by atoms with van der Waals surface area (Å²) >= 11 is 1.77. The van der Waals surface area contributed by atoms with Crippen molar-refractivity contribution in [3.8, 4) is 11.8 Å². The van der Waals surface area contributed by atoms with Crippen LogP contribution in [-0.2, 0) is 0 Å². The van der Waals surface area contributed by atoms with Crippen LogP contribution in [0.4, 0.5) is 0 Å². The molecule has 2 heteroatoms. The topological polar surface area (TPSA) is 3.24 Å². The van der Waals surface area contributed by atoms with E-state index in [0.29, 0.717) is 0 Å². The van der Waals surface area contributed by atoms with Crippen molar-refractivity contribution < 1.29 is 0 Å². The average molecular weight is 408 g/mol. The van der Waals surface area contributed by atoms with E-state index in [4.69, 9.17) is 0 Å². The van der Waals surface area contributed by atoms with Crippen LogP contribution in [0, 0.1) is 11.8 Å². The Balaban J connectivity index is 1.77. The summed E-state index contributed by atoms with van der Waals surface area (Å²) in [7, 11) is 4.19. The number of rotatable bonds is 4. The lowest BCUT2D eigenvalue weighted by molar-refractivity contribution is 0.398. The van der Waals surface area contributed by atoms with Gasteiger partial charge in [0.15, 0.2) is 0 Å². The second-order valence-corrected chi connectivity index (χ2v) is 8.36. The van der Waals surface area contributed by atoms with Gasteiger partial charge in [0, 0.05) is 10.5 Å². The van der Waals surface area contributed by atoms with Gasteiger partial charge in [-0.2, -0.15) is 0 Å². The van der Waals surface area contributed by atoms with Gasteiger partial charge in [0.05, 0.1) is 0 Å². The Morgan fingerprint density at radius 2 is 1.40 bits per heavy atom. The Morgan fingerprint density at radius 1 is 0.800 bits per heavy atom. The van der Waals surface area contributed by atoms with Crippen molar-refractivity contribution >= 4 is 39.4 Å². The summed E-state index contributed by atoms with van der Waals surface area (Å²) in [6.45, 7) is 0. The van der Waals surface area contributed by atoms with E-state index in [0.717, 1.165) is 5.56 Å². The van der Waals surface area contributed by atoms with Gasteiger partial charge in [-0.3, -0.25) is 4.90 Å². The standard InChI is InChI=1S/C28H25NS/c1-29(2)27(19-18-23-14-8-12-21-10-4-6-16-25(21)23)28(30-3)20-24-15-9-13-22-11-5-7-17-26(22)24/h4-17,20,27H,1-3H3/b28-20-. The fourth-order valence-electron chi connectivity index (χ4n) is 3.71. The molecule has 4 aromatic carbocycles. The van der Waals surface area contributed by atoms with Crippen LogP contribution in [0.3, 0.4) is 0 Å². The Labute approximate surface area is 183 Å². The SMILES string of the molecule is CS/C(=C\c1cccc2ccccc12)C(C#Cc1cccc2ccccc12)N(C)C. The second-order valence-electron chi connectivity index (χ2n) is 7.48. The lowest BCUT2D eigenvalue weighted by Gasteiger charge is -2.21. The van der Waals surface area contributed by atoms with Gasteiger partial charge in [0.25, 0.3) is 0 Å². The monoisotopic (exact) mass is 407 g/mol. The molecule has 30 heavy (non-hydrogen) atoms. The molecule has 0 saturated heterocycles. The van der Waals surface area contributed by atoms with Crippen LogP contribution in [0.15, 0.2) is 89.8 Å². The van der Waals surface area contributed by atoms with Crippen LogP contribution in [-0.4, -0.2) is 31.3 Å². The molecule has 4 aromatic rings. The third-order valence-corrected chi connectivity index (χ3v) is 6.09. The Bertz CT molecular complexity index is 1260. The molecule has 4 rings (SSSR count). The average Bonchev–Trinajstić information content (AvgIpc) is 2.78. The number of fused-ring (bicyclic) bond motifs is 2. The number of hydrogen-bond acceptors (Lipinski definition) is 2. The molecule has 0 amide bonds. The van der Waals surface area contributed by atoms with Crippen LogP contribution < -0.4 is 0 Å². The van der Waals surface area contributed by atoms with Gasteiger partial charge in [-0.1, -0.05) is 90.7 Å². The van der Waals surface area contributed by atoms with E-state index >= 15 is 0 Å². The molecule has 0 bridgehead atoms. The van der Waals surface area contributed by atoms with Gasteiger partial charge >= 0.3 is 0 Å². The number of benzene rings is 4. The van der Waals surface area contributed by atoms with Crippen LogP contribution >= 0.6 is 11.8 Å². The first-order chi connectivity index (χ1) is 14.7. The summed E-state index contributed by atoms with van der Waals surface area (Å²) in [5.74, 6) is 6.99. The maximum absolute atomic E-state index is 3.53. The van der Waals surface area contributed by atoms with Gasteiger partial charge in [0.2, 0.25) is 0 Å². The molecule has 0 aliphatic carbocycles. The number of likely N-dealkylation sites (N-methyl/N-ethyl adjacent to an activating group) is 1. The maximum Gasteiger partial charge on any atom is 0.103 e. The Kier molecular flexibility index (Phi) is 6.23. The van der Waals surface area contributed by atoms with Crippen LogP contribution in [0.1, 0.15) is 11.1 Å². The summed E-state index contributed by atoms with van der Waals surface area (Å²) < 4.78 is 0. The van der Waals surface area contributed by atoms with Gasteiger partial charge in [-0.05, 0) is 59.6 Å². The molecule has 0 N–H and O–H groups in total. The highest BCUT2D eigenvalue weighted by Gasteiger charge is 2.14. The molecule has 1 atom stereocenters. The van der Waals surface area contributed by atoms with E-state index in [2.05, 4.69) is 128 Å². The molecular weight excluding hydrogens is 382 g/mol. The van der Waals surface area contributed by atoms with Gasteiger partial charge in [0.1, 0.15) is 6.04 Å². The molecule has 1 nitrogen and oxygen atoms in total. The first kappa shape index (κ1) is 20.3. The number of thioether (sulfide) groups is 1. The normalized spacial score (nSPS) is 12.7. The molecule has 1 unspecified atom stereocenters. The third kappa shape index (κ3) is 4.28. The summed E-state index contributed by atoms with van der Waals surface area (Å²) in [5, 5.41) is 4.96. The quantitative estimate of drug-likeness (QED) is 0.347. The third-order valence-electron chi connectivity index (χ3n) is 5.28. The second kappa shape index (κ2) is 9.22.